The highest BCUT2D eigenvalue weighted by Crippen LogP contribution is 2.18. The number of benzene rings is 1. The summed E-state index contributed by atoms with van der Waals surface area (Å²) in [5.41, 5.74) is -0.170. The standard InChI is InChI=1S/C14H18F2N2O/c15-12-3-1-4-13(16)11(12)9-14(19)18-8-2-7-17-10-5-6-10/h1,3-4,10,17H,2,5-9H2,(H,18,19). The summed E-state index contributed by atoms with van der Waals surface area (Å²) in [5.74, 6) is -1.70. The van der Waals surface area contributed by atoms with Crippen molar-refractivity contribution >= 4 is 5.91 Å². The van der Waals surface area contributed by atoms with Crippen molar-refractivity contribution in [3.05, 3.63) is 35.4 Å². The maximum Gasteiger partial charge on any atom is 0.224 e. The second-order valence-electron chi connectivity index (χ2n) is 4.81. The molecule has 1 aromatic carbocycles. The maximum absolute atomic E-state index is 13.3. The molecule has 0 aliphatic heterocycles. The third-order valence-corrected chi connectivity index (χ3v) is 3.09. The molecule has 2 rings (SSSR count). The van der Waals surface area contributed by atoms with Crippen molar-refractivity contribution < 1.29 is 13.6 Å². The topological polar surface area (TPSA) is 41.1 Å². The molecule has 0 saturated heterocycles. The quantitative estimate of drug-likeness (QED) is 0.740. The zero-order chi connectivity index (χ0) is 13.7. The minimum absolute atomic E-state index is 0.170. The van der Waals surface area contributed by atoms with Crippen LogP contribution in [0.1, 0.15) is 24.8 Å². The number of hydrogen-bond acceptors (Lipinski definition) is 2. The minimum Gasteiger partial charge on any atom is -0.356 e. The number of carbonyl (C=O) groups is 1. The van der Waals surface area contributed by atoms with E-state index in [1.54, 1.807) is 0 Å². The Morgan fingerprint density at radius 2 is 1.89 bits per heavy atom. The molecular formula is C14H18F2N2O. The van der Waals surface area contributed by atoms with Crippen LogP contribution in [0, 0.1) is 11.6 Å². The summed E-state index contributed by atoms with van der Waals surface area (Å²) < 4.78 is 26.6. The van der Waals surface area contributed by atoms with Crippen LogP contribution in [0.15, 0.2) is 18.2 Å². The Hall–Kier alpha value is -1.49. The molecule has 5 heteroatoms. The first kappa shape index (κ1) is 13.9. The average Bonchev–Trinajstić information content (AvgIpc) is 3.18. The lowest BCUT2D eigenvalue weighted by Crippen LogP contribution is -2.29. The second kappa shape index (κ2) is 6.61. The average molecular weight is 268 g/mol. The molecule has 1 aliphatic rings. The lowest BCUT2D eigenvalue weighted by atomic mass is 10.1. The van der Waals surface area contributed by atoms with Gasteiger partial charge in [0.25, 0.3) is 0 Å². The van der Waals surface area contributed by atoms with Crippen LogP contribution in [0.25, 0.3) is 0 Å². The highest BCUT2D eigenvalue weighted by atomic mass is 19.1. The van der Waals surface area contributed by atoms with Crippen molar-refractivity contribution in [2.45, 2.75) is 31.7 Å². The van der Waals surface area contributed by atoms with Gasteiger partial charge < -0.3 is 10.6 Å². The highest BCUT2D eigenvalue weighted by molar-refractivity contribution is 5.78. The monoisotopic (exact) mass is 268 g/mol. The highest BCUT2D eigenvalue weighted by Gasteiger charge is 2.19. The van der Waals surface area contributed by atoms with E-state index in [4.69, 9.17) is 0 Å². The number of nitrogens with one attached hydrogen (secondary N) is 2. The van der Waals surface area contributed by atoms with Crippen LogP contribution in [-0.2, 0) is 11.2 Å². The van der Waals surface area contributed by atoms with E-state index in [0.29, 0.717) is 12.6 Å². The zero-order valence-corrected chi connectivity index (χ0v) is 10.7. The van der Waals surface area contributed by atoms with Crippen molar-refractivity contribution in [3.63, 3.8) is 0 Å². The van der Waals surface area contributed by atoms with Gasteiger partial charge in [0.2, 0.25) is 5.91 Å². The Kier molecular flexibility index (Phi) is 4.85. The number of amides is 1. The molecule has 104 valence electrons. The van der Waals surface area contributed by atoms with Gasteiger partial charge in [-0.15, -0.1) is 0 Å². The Balaban J connectivity index is 1.68. The van der Waals surface area contributed by atoms with Crippen LogP contribution in [-0.4, -0.2) is 25.0 Å². The van der Waals surface area contributed by atoms with Gasteiger partial charge in [0.1, 0.15) is 11.6 Å². The fourth-order valence-electron chi connectivity index (χ4n) is 1.83. The molecule has 0 radical (unpaired) electrons. The van der Waals surface area contributed by atoms with Crippen LogP contribution in [0.4, 0.5) is 8.78 Å². The Morgan fingerprint density at radius 1 is 1.21 bits per heavy atom. The molecule has 2 N–H and O–H groups in total. The molecule has 1 amide bonds. The van der Waals surface area contributed by atoms with Gasteiger partial charge in [0.05, 0.1) is 6.42 Å². The van der Waals surface area contributed by atoms with Gasteiger partial charge in [-0.3, -0.25) is 4.79 Å². The van der Waals surface area contributed by atoms with Crippen molar-refractivity contribution in [1.82, 2.24) is 10.6 Å². The van der Waals surface area contributed by atoms with Gasteiger partial charge >= 0.3 is 0 Å². The van der Waals surface area contributed by atoms with Gasteiger partial charge in [0, 0.05) is 18.2 Å². The molecule has 0 spiro atoms. The summed E-state index contributed by atoms with van der Waals surface area (Å²) in [6, 6.07) is 4.26. The van der Waals surface area contributed by atoms with Gasteiger partial charge in [-0.05, 0) is 37.9 Å². The molecule has 19 heavy (non-hydrogen) atoms. The largest absolute Gasteiger partial charge is 0.356 e. The molecule has 0 atom stereocenters. The Labute approximate surface area is 111 Å². The summed E-state index contributed by atoms with van der Waals surface area (Å²) in [4.78, 5) is 11.6. The smallest absolute Gasteiger partial charge is 0.224 e. The van der Waals surface area contributed by atoms with Gasteiger partial charge in [-0.2, -0.15) is 0 Å². The summed E-state index contributed by atoms with van der Waals surface area (Å²) in [5, 5.41) is 5.99. The molecular weight excluding hydrogens is 250 g/mol. The molecule has 0 heterocycles. The Morgan fingerprint density at radius 3 is 2.53 bits per heavy atom. The van der Waals surface area contributed by atoms with E-state index in [-0.39, 0.29) is 17.9 Å². The molecule has 1 aliphatic carbocycles. The van der Waals surface area contributed by atoms with Gasteiger partial charge in [0.15, 0.2) is 0 Å². The zero-order valence-electron chi connectivity index (χ0n) is 10.7. The lowest BCUT2D eigenvalue weighted by molar-refractivity contribution is -0.120. The predicted molar refractivity (Wildman–Crippen MR) is 68.7 cm³/mol. The first-order valence-corrected chi connectivity index (χ1v) is 6.60. The van der Waals surface area contributed by atoms with Crippen molar-refractivity contribution in [2.24, 2.45) is 0 Å². The number of halogens is 2. The van der Waals surface area contributed by atoms with E-state index in [1.165, 1.54) is 18.9 Å². The van der Waals surface area contributed by atoms with Crippen LogP contribution < -0.4 is 10.6 Å². The number of rotatable bonds is 7. The van der Waals surface area contributed by atoms with Crippen LogP contribution in [0.2, 0.25) is 0 Å². The molecule has 0 aromatic heterocycles. The summed E-state index contributed by atoms with van der Waals surface area (Å²) in [6.45, 7) is 1.38. The van der Waals surface area contributed by atoms with Gasteiger partial charge in [-0.1, -0.05) is 6.07 Å². The maximum atomic E-state index is 13.3. The van der Waals surface area contributed by atoms with Crippen molar-refractivity contribution in [3.8, 4) is 0 Å². The minimum atomic E-state index is -0.675. The van der Waals surface area contributed by atoms with E-state index in [0.717, 1.165) is 25.1 Å². The fraction of sp³-hybridized carbons (Fsp3) is 0.500. The normalized spacial score (nSPS) is 14.4. The SMILES string of the molecule is O=C(Cc1c(F)cccc1F)NCCCNC1CC1. The van der Waals surface area contributed by atoms with E-state index in [1.807, 2.05) is 0 Å². The van der Waals surface area contributed by atoms with Crippen molar-refractivity contribution in [2.75, 3.05) is 13.1 Å². The lowest BCUT2D eigenvalue weighted by Gasteiger charge is -2.07. The van der Waals surface area contributed by atoms with Crippen LogP contribution in [0.5, 0.6) is 0 Å². The summed E-state index contributed by atoms with van der Waals surface area (Å²) >= 11 is 0. The predicted octanol–water partition coefficient (Wildman–Crippen LogP) is 1.77. The van der Waals surface area contributed by atoms with E-state index >= 15 is 0 Å². The summed E-state index contributed by atoms with van der Waals surface area (Å²) in [7, 11) is 0. The number of hydrogen-bond donors (Lipinski definition) is 2. The van der Waals surface area contributed by atoms with Crippen molar-refractivity contribution in [1.29, 1.82) is 0 Å². The first-order valence-electron chi connectivity index (χ1n) is 6.60. The first-order chi connectivity index (χ1) is 9.16. The molecule has 1 saturated carbocycles. The van der Waals surface area contributed by atoms with Crippen LogP contribution in [0.3, 0.4) is 0 Å². The summed E-state index contributed by atoms with van der Waals surface area (Å²) in [6.07, 6.45) is 3.04. The third kappa shape index (κ3) is 4.59. The fourth-order valence-corrected chi connectivity index (χ4v) is 1.83. The Bertz CT molecular complexity index is 427. The van der Waals surface area contributed by atoms with E-state index in [9.17, 15) is 13.6 Å². The third-order valence-electron chi connectivity index (χ3n) is 3.09. The van der Waals surface area contributed by atoms with Gasteiger partial charge in [-0.25, -0.2) is 8.78 Å². The van der Waals surface area contributed by atoms with Crippen LogP contribution >= 0.6 is 0 Å². The molecule has 0 unspecified atom stereocenters. The molecule has 1 fully saturated rings. The number of carbonyl (C=O) groups excluding carboxylic acids is 1. The molecule has 0 bridgehead atoms. The second-order valence-corrected chi connectivity index (χ2v) is 4.81. The molecule has 3 nitrogen and oxygen atoms in total. The van der Waals surface area contributed by atoms with E-state index < -0.39 is 11.6 Å². The molecule has 1 aromatic rings. The van der Waals surface area contributed by atoms with E-state index in [2.05, 4.69) is 10.6 Å².